The molecule has 1 aliphatic heterocycles. The van der Waals surface area contributed by atoms with Crippen molar-refractivity contribution in [3.63, 3.8) is 0 Å². The van der Waals surface area contributed by atoms with Crippen molar-refractivity contribution in [3.8, 4) is 0 Å². The molecule has 2 heterocycles. The summed E-state index contributed by atoms with van der Waals surface area (Å²) < 4.78 is 0. The van der Waals surface area contributed by atoms with E-state index in [4.69, 9.17) is 10.7 Å². The molecule has 2 aliphatic rings. The Balaban J connectivity index is 1.82. The quantitative estimate of drug-likeness (QED) is 0.918. The number of benzene rings is 1. The first kappa shape index (κ1) is 12.8. The average molecular weight is 279 g/mol. The molecule has 21 heavy (non-hydrogen) atoms. The molecule has 3 heteroatoms. The van der Waals surface area contributed by atoms with Crippen LogP contribution in [0.2, 0.25) is 0 Å². The molecule has 1 aromatic heterocycles. The molecule has 3 nitrogen and oxygen atoms in total. The first-order valence-corrected chi connectivity index (χ1v) is 7.94. The molecule has 1 aromatic carbocycles. The Kier molecular flexibility index (Phi) is 3.15. The van der Waals surface area contributed by atoms with Crippen LogP contribution in [0.4, 0.5) is 11.5 Å². The number of anilines is 2. The Morgan fingerprint density at radius 2 is 1.90 bits per heavy atom. The van der Waals surface area contributed by atoms with Crippen LogP contribution < -0.4 is 10.6 Å². The molecule has 0 bridgehead atoms. The minimum Gasteiger partial charge on any atom is -0.326 e. The number of nitrogens with zero attached hydrogens (tertiary/aromatic N) is 2. The summed E-state index contributed by atoms with van der Waals surface area (Å²) in [6.45, 7) is 1.58. The van der Waals surface area contributed by atoms with Gasteiger partial charge in [0.1, 0.15) is 5.82 Å². The van der Waals surface area contributed by atoms with Crippen molar-refractivity contribution < 1.29 is 0 Å². The predicted molar refractivity (Wildman–Crippen MR) is 85.9 cm³/mol. The second kappa shape index (κ2) is 5.15. The normalized spacial score (nSPS) is 16.7. The fraction of sp³-hybridized carbons (Fsp3) is 0.389. The van der Waals surface area contributed by atoms with Gasteiger partial charge in [0.05, 0.1) is 0 Å². The van der Waals surface area contributed by atoms with E-state index in [2.05, 4.69) is 35.2 Å². The number of para-hydroxylation sites is 1. The summed E-state index contributed by atoms with van der Waals surface area (Å²) in [5, 5.41) is 0. The number of pyridine rings is 1. The lowest BCUT2D eigenvalue weighted by Gasteiger charge is -2.25. The molecule has 0 spiro atoms. The first-order chi connectivity index (χ1) is 10.4. The summed E-state index contributed by atoms with van der Waals surface area (Å²) >= 11 is 0. The molecular weight excluding hydrogens is 258 g/mol. The third kappa shape index (κ3) is 2.12. The standard InChI is InChI=1S/C18H21N3/c19-12-15-11-14-6-1-3-7-16(14)20-18(15)21-10-9-13-5-2-4-8-17(13)21/h2,4-5,8,11H,1,3,6-7,9-10,12,19H2. The van der Waals surface area contributed by atoms with Crippen molar-refractivity contribution in [3.05, 3.63) is 52.7 Å². The van der Waals surface area contributed by atoms with Gasteiger partial charge < -0.3 is 10.6 Å². The molecule has 108 valence electrons. The van der Waals surface area contributed by atoms with Crippen molar-refractivity contribution in [2.24, 2.45) is 5.73 Å². The summed E-state index contributed by atoms with van der Waals surface area (Å²) in [6, 6.07) is 10.9. The van der Waals surface area contributed by atoms with Gasteiger partial charge in [0.25, 0.3) is 0 Å². The molecule has 0 unspecified atom stereocenters. The fourth-order valence-corrected chi connectivity index (χ4v) is 3.61. The monoisotopic (exact) mass is 279 g/mol. The lowest BCUT2D eigenvalue weighted by atomic mass is 9.94. The van der Waals surface area contributed by atoms with Gasteiger partial charge in [-0.2, -0.15) is 0 Å². The van der Waals surface area contributed by atoms with E-state index in [1.807, 2.05) is 0 Å². The van der Waals surface area contributed by atoms with Crippen molar-refractivity contribution >= 4 is 11.5 Å². The summed E-state index contributed by atoms with van der Waals surface area (Å²) in [5.41, 5.74) is 12.6. The van der Waals surface area contributed by atoms with Crippen LogP contribution in [-0.2, 0) is 25.8 Å². The number of aromatic nitrogens is 1. The van der Waals surface area contributed by atoms with Crippen molar-refractivity contribution in [1.29, 1.82) is 0 Å². The molecule has 0 saturated carbocycles. The van der Waals surface area contributed by atoms with Crippen LogP contribution in [0.3, 0.4) is 0 Å². The van der Waals surface area contributed by atoms with Crippen LogP contribution in [0.5, 0.6) is 0 Å². The van der Waals surface area contributed by atoms with Gasteiger partial charge in [-0.05, 0) is 55.4 Å². The zero-order chi connectivity index (χ0) is 14.2. The molecule has 0 atom stereocenters. The Morgan fingerprint density at radius 1 is 1.05 bits per heavy atom. The van der Waals surface area contributed by atoms with Gasteiger partial charge in [-0.1, -0.05) is 18.2 Å². The van der Waals surface area contributed by atoms with Crippen LogP contribution in [0, 0.1) is 0 Å². The Labute approximate surface area is 125 Å². The number of aryl methyl sites for hydroxylation is 2. The molecule has 0 saturated heterocycles. The molecule has 2 N–H and O–H groups in total. The average Bonchev–Trinajstić information content (AvgIpc) is 2.97. The fourth-order valence-electron chi connectivity index (χ4n) is 3.61. The molecular formula is C18H21N3. The Bertz CT molecular complexity index is 678. The molecule has 2 aromatic rings. The summed E-state index contributed by atoms with van der Waals surface area (Å²) in [7, 11) is 0. The van der Waals surface area contributed by atoms with E-state index in [1.54, 1.807) is 0 Å². The predicted octanol–water partition coefficient (Wildman–Crippen LogP) is 3.11. The first-order valence-electron chi connectivity index (χ1n) is 7.94. The lowest BCUT2D eigenvalue weighted by molar-refractivity contribution is 0.665. The maximum atomic E-state index is 6.00. The van der Waals surface area contributed by atoms with E-state index in [9.17, 15) is 0 Å². The van der Waals surface area contributed by atoms with Crippen molar-refractivity contribution in [2.45, 2.75) is 38.6 Å². The van der Waals surface area contributed by atoms with Gasteiger partial charge in [-0.3, -0.25) is 0 Å². The third-order valence-electron chi connectivity index (χ3n) is 4.72. The Morgan fingerprint density at radius 3 is 2.81 bits per heavy atom. The van der Waals surface area contributed by atoms with E-state index < -0.39 is 0 Å². The molecule has 0 radical (unpaired) electrons. The second-order valence-corrected chi connectivity index (χ2v) is 6.02. The largest absolute Gasteiger partial charge is 0.326 e. The van der Waals surface area contributed by atoms with E-state index in [-0.39, 0.29) is 0 Å². The van der Waals surface area contributed by atoms with Gasteiger partial charge in [-0.25, -0.2) is 4.98 Å². The highest BCUT2D eigenvalue weighted by atomic mass is 15.2. The van der Waals surface area contributed by atoms with E-state index in [0.717, 1.165) is 31.6 Å². The number of hydrogen-bond donors (Lipinski definition) is 1. The minimum atomic E-state index is 0.564. The molecule has 0 amide bonds. The highest BCUT2D eigenvalue weighted by molar-refractivity contribution is 5.70. The number of nitrogens with two attached hydrogens (primary N) is 1. The van der Waals surface area contributed by atoms with Crippen LogP contribution in [0.1, 0.15) is 35.2 Å². The van der Waals surface area contributed by atoms with Gasteiger partial charge in [-0.15, -0.1) is 0 Å². The Hall–Kier alpha value is -1.87. The smallest absolute Gasteiger partial charge is 0.137 e. The molecule has 4 rings (SSSR count). The summed E-state index contributed by atoms with van der Waals surface area (Å²) in [5.74, 6) is 1.09. The van der Waals surface area contributed by atoms with E-state index in [0.29, 0.717) is 6.54 Å². The van der Waals surface area contributed by atoms with Crippen LogP contribution in [0.15, 0.2) is 30.3 Å². The van der Waals surface area contributed by atoms with Crippen LogP contribution in [-0.4, -0.2) is 11.5 Å². The van der Waals surface area contributed by atoms with E-state index in [1.165, 1.54) is 40.9 Å². The maximum Gasteiger partial charge on any atom is 0.137 e. The minimum absolute atomic E-state index is 0.564. The van der Waals surface area contributed by atoms with Gasteiger partial charge in [0.2, 0.25) is 0 Å². The third-order valence-corrected chi connectivity index (χ3v) is 4.72. The number of hydrogen-bond acceptors (Lipinski definition) is 3. The number of rotatable bonds is 2. The topological polar surface area (TPSA) is 42.1 Å². The highest BCUT2D eigenvalue weighted by Gasteiger charge is 2.24. The van der Waals surface area contributed by atoms with Gasteiger partial charge in [0.15, 0.2) is 0 Å². The zero-order valence-electron chi connectivity index (χ0n) is 12.3. The molecule has 1 aliphatic carbocycles. The van der Waals surface area contributed by atoms with Crippen molar-refractivity contribution in [1.82, 2.24) is 4.98 Å². The second-order valence-electron chi connectivity index (χ2n) is 6.02. The van der Waals surface area contributed by atoms with E-state index >= 15 is 0 Å². The highest BCUT2D eigenvalue weighted by Crippen LogP contribution is 2.36. The summed E-state index contributed by atoms with van der Waals surface area (Å²) in [6.07, 6.45) is 5.91. The number of fused-ring (bicyclic) bond motifs is 2. The van der Waals surface area contributed by atoms with Gasteiger partial charge >= 0.3 is 0 Å². The maximum absolute atomic E-state index is 6.00. The zero-order valence-corrected chi connectivity index (χ0v) is 12.3. The lowest BCUT2D eigenvalue weighted by Crippen LogP contribution is -2.20. The SMILES string of the molecule is NCc1cc2c(nc1N1CCc3ccccc31)CCCC2. The van der Waals surface area contributed by atoms with Crippen molar-refractivity contribution in [2.75, 3.05) is 11.4 Å². The molecule has 0 fully saturated rings. The van der Waals surface area contributed by atoms with Crippen LogP contribution >= 0.6 is 0 Å². The summed E-state index contributed by atoms with van der Waals surface area (Å²) in [4.78, 5) is 7.36. The van der Waals surface area contributed by atoms with Crippen LogP contribution in [0.25, 0.3) is 0 Å². The van der Waals surface area contributed by atoms with Gasteiger partial charge in [0, 0.05) is 30.0 Å².